The van der Waals surface area contributed by atoms with E-state index in [4.69, 9.17) is 9.16 Å². The molecule has 1 N–H and O–H groups in total. The summed E-state index contributed by atoms with van der Waals surface area (Å²) >= 11 is 0. The van der Waals surface area contributed by atoms with E-state index in [1.54, 1.807) is 0 Å². The molecule has 2 atom stereocenters. The molecule has 0 unspecified atom stereocenters. The Morgan fingerprint density at radius 1 is 1.04 bits per heavy atom. The van der Waals surface area contributed by atoms with E-state index < -0.39 is 14.4 Å². The van der Waals surface area contributed by atoms with E-state index in [0.717, 1.165) is 19.4 Å². The van der Waals surface area contributed by atoms with Gasteiger partial charge in [-0.3, -0.25) is 0 Å². The second-order valence-corrected chi connectivity index (χ2v) is 12.4. The molecule has 0 radical (unpaired) electrons. The largest absolute Gasteiger partial charge is 0.405 e. The molecule has 2 aromatic carbocycles. The van der Waals surface area contributed by atoms with Crippen LogP contribution in [-0.2, 0) is 9.16 Å². The molecule has 0 aromatic heterocycles. The third-order valence-corrected chi connectivity index (χ3v) is 10.3. The van der Waals surface area contributed by atoms with Gasteiger partial charge in [0.15, 0.2) is 0 Å². The number of hydrogen-bond acceptors (Lipinski definition) is 3. The third kappa shape index (κ3) is 3.79. The smallest absolute Gasteiger partial charge is 0.261 e. The molecule has 1 aliphatic rings. The molecule has 1 saturated heterocycles. The molecule has 0 saturated carbocycles. The first-order valence-corrected chi connectivity index (χ1v) is 11.4. The van der Waals surface area contributed by atoms with Gasteiger partial charge in [-0.25, -0.2) is 0 Å². The Morgan fingerprint density at radius 2 is 1.58 bits per heavy atom. The minimum absolute atomic E-state index is 0.0774. The molecule has 0 spiro atoms. The highest BCUT2D eigenvalue weighted by Gasteiger charge is 2.50. The lowest BCUT2D eigenvalue weighted by Crippen LogP contribution is -2.67. The summed E-state index contributed by atoms with van der Waals surface area (Å²) in [6.07, 6.45) is 1.24. The van der Waals surface area contributed by atoms with Crippen LogP contribution < -0.4 is 10.4 Å². The summed E-state index contributed by atoms with van der Waals surface area (Å²) in [5, 5.41) is 13.0. The summed E-state index contributed by atoms with van der Waals surface area (Å²) in [5.41, 5.74) is 0. The monoisotopic (exact) mass is 370 g/mol. The Kier molecular flexibility index (Phi) is 5.98. The standard InChI is InChI=1S/C22H30O3Si/c1-22(2,3)26(18-11-6-4-7-12-18,19-13-8-5-9-14-19)25-17-20(23)21-15-10-16-24-21/h4-9,11-14,20-21,23H,10,15-17H2,1-3H3/t20-,21+/m0/s1. The van der Waals surface area contributed by atoms with E-state index in [0.29, 0.717) is 6.61 Å². The van der Waals surface area contributed by atoms with Crippen molar-refractivity contribution in [2.24, 2.45) is 0 Å². The summed E-state index contributed by atoms with van der Waals surface area (Å²) < 4.78 is 12.4. The second kappa shape index (κ2) is 8.05. The van der Waals surface area contributed by atoms with Crippen LogP contribution in [0.2, 0.25) is 5.04 Å². The van der Waals surface area contributed by atoms with Crippen molar-refractivity contribution < 1.29 is 14.3 Å². The first-order valence-electron chi connectivity index (χ1n) is 9.50. The van der Waals surface area contributed by atoms with Gasteiger partial charge < -0.3 is 14.3 Å². The Balaban J connectivity index is 2.00. The van der Waals surface area contributed by atoms with Crippen LogP contribution in [-0.4, -0.2) is 38.8 Å². The quantitative estimate of drug-likeness (QED) is 0.794. The number of rotatable bonds is 6. The molecular weight excluding hydrogens is 340 g/mol. The third-order valence-electron chi connectivity index (χ3n) is 5.28. The molecule has 3 rings (SSSR count). The molecule has 0 aliphatic carbocycles. The van der Waals surface area contributed by atoms with E-state index in [2.05, 4.69) is 69.3 Å². The average Bonchev–Trinajstić information content (AvgIpc) is 3.17. The van der Waals surface area contributed by atoms with Crippen molar-refractivity contribution in [1.29, 1.82) is 0 Å². The van der Waals surface area contributed by atoms with Crippen molar-refractivity contribution in [3.63, 3.8) is 0 Å². The predicted octanol–water partition coefficient (Wildman–Crippen LogP) is 3.10. The van der Waals surface area contributed by atoms with Crippen molar-refractivity contribution in [2.45, 2.75) is 50.9 Å². The van der Waals surface area contributed by atoms with Crippen LogP contribution >= 0.6 is 0 Å². The molecule has 3 nitrogen and oxygen atoms in total. The molecule has 0 amide bonds. The number of benzene rings is 2. The van der Waals surface area contributed by atoms with E-state index in [9.17, 15) is 5.11 Å². The van der Waals surface area contributed by atoms with Gasteiger partial charge in [-0.15, -0.1) is 0 Å². The van der Waals surface area contributed by atoms with Crippen molar-refractivity contribution in [2.75, 3.05) is 13.2 Å². The van der Waals surface area contributed by atoms with Gasteiger partial charge in [0.2, 0.25) is 0 Å². The maximum Gasteiger partial charge on any atom is 0.261 e. The summed E-state index contributed by atoms with van der Waals surface area (Å²) in [4.78, 5) is 0. The molecule has 1 heterocycles. The second-order valence-electron chi connectivity index (χ2n) is 8.09. The van der Waals surface area contributed by atoms with Crippen molar-refractivity contribution in [3.05, 3.63) is 60.7 Å². The molecule has 1 fully saturated rings. The molecule has 26 heavy (non-hydrogen) atoms. The topological polar surface area (TPSA) is 38.7 Å². The van der Waals surface area contributed by atoms with Gasteiger partial charge in [0, 0.05) is 6.61 Å². The van der Waals surface area contributed by atoms with Crippen LogP contribution in [0.5, 0.6) is 0 Å². The van der Waals surface area contributed by atoms with Crippen LogP contribution in [0.1, 0.15) is 33.6 Å². The fourth-order valence-electron chi connectivity index (χ4n) is 3.99. The van der Waals surface area contributed by atoms with Gasteiger partial charge in [0.25, 0.3) is 8.32 Å². The molecular formula is C22H30O3Si. The normalized spacial score (nSPS) is 19.5. The van der Waals surface area contributed by atoms with Gasteiger partial charge in [0.1, 0.15) is 6.10 Å². The van der Waals surface area contributed by atoms with Crippen LogP contribution in [0.25, 0.3) is 0 Å². The first kappa shape index (κ1) is 19.3. The van der Waals surface area contributed by atoms with Gasteiger partial charge in [-0.2, -0.15) is 0 Å². The van der Waals surface area contributed by atoms with Gasteiger partial charge >= 0.3 is 0 Å². The lowest BCUT2D eigenvalue weighted by atomic mass is 10.1. The van der Waals surface area contributed by atoms with Crippen molar-refractivity contribution in [3.8, 4) is 0 Å². The number of aliphatic hydroxyl groups excluding tert-OH is 1. The number of aliphatic hydroxyl groups is 1. The summed E-state index contributed by atoms with van der Waals surface area (Å²) in [6.45, 7) is 7.78. The van der Waals surface area contributed by atoms with Crippen molar-refractivity contribution in [1.82, 2.24) is 0 Å². The van der Waals surface area contributed by atoms with Crippen LogP contribution in [0.15, 0.2) is 60.7 Å². The zero-order valence-corrected chi connectivity index (χ0v) is 17.0. The molecule has 0 bridgehead atoms. The van der Waals surface area contributed by atoms with E-state index in [1.165, 1.54) is 10.4 Å². The van der Waals surface area contributed by atoms with Crippen LogP contribution in [0.3, 0.4) is 0 Å². The Bertz CT molecular complexity index is 636. The summed E-state index contributed by atoms with van der Waals surface area (Å²) in [7, 11) is -2.58. The van der Waals surface area contributed by atoms with Gasteiger partial charge in [0.05, 0.1) is 12.7 Å². The Morgan fingerprint density at radius 3 is 2.00 bits per heavy atom. The van der Waals surface area contributed by atoms with Crippen LogP contribution in [0.4, 0.5) is 0 Å². The summed E-state index contributed by atoms with van der Waals surface area (Å²) in [6, 6.07) is 21.1. The summed E-state index contributed by atoms with van der Waals surface area (Å²) in [5.74, 6) is 0. The highest BCUT2D eigenvalue weighted by Crippen LogP contribution is 2.37. The number of hydrogen-bond donors (Lipinski definition) is 1. The van der Waals surface area contributed by atoms with E-state index in [-0.39, 0.29) is 11.1 Å². The van der Waals surface area contributed by atoms with Crippen LogP contribution in [0, 0.1) is 0 Å². The SMILES string of the molecule is CC(C)(C)[Si](OC[C@H](O)[C@H]1CCCO1)(c1ccccc1)c1ccccc1. The molecule has 2 aromatic rings. The minimum atomic E-state index is -2.58. The molecule has 140 valence electrons. The highest BCUT2D eigenvalue weighted by atomic mass is 28.4. The Labute approximate surface area is 158 Å². The molecule has 1 aliphatic heterocycles. The maximum atomic E-state index is 10.6. The molecule has 4 heteroatoms. The average molecular weight is 371 g/mol. The zero-order valence-electron chi connectivity index (χ0n) is 16.0. The first-order chi connectivity index (χ1) is 12.4. The Hall–Kier alpha value is -1.46. The van der Waals surface area contributed by atoms with E-state index >= 15 is 0 Å². The number of ether oxygens (including phenoxy) is 1. The lowest BCUT2D eigenvalue weighted by molar-refractivity contribution is -0.0248. The fourth-order valence-corrected chi connectivity index (χ4v) is 8.56. The highest BCUT2D eigenvalue weighted by molar-refractivity contribution is 6.99. The lowest BCUT2D eigenvalue weighted by Gasteiger charge is -2.43. The minimum Gasteiger partial charge on any atom is -0.405 e. The van der Waals surface area contributed by atoms with Gasteiger partial charge in [-0.1, -0.05) is 81.4 Å². The predicted molar refractivity (Wildman–Crippen MR) is 109 cm³/mol. The maximum absolute atomic E-state index is 10.6. The van der Waals surface area contributed by atoms with E-state index in [1.807, 2.05) is 12.1 Å². The fraction of sp³-hybridized carbons (Fsp3) is 0.455. The van der Waals surface area contributed by atoms with Gasteiger partial charge in [-0.05, 0) is 28.3 Å². The zero-order chi connectivity index (χ0) is 18.6. The van der Waals surface area contributed by atoms with Crippen molar-refractivity contribution >= 4 is 18.7 Å².